The molecule has 4 aliphatic carbocycles. The number of hydrogen-bond donors (Lipinski definition) is 1. The molecule has 1 N–H and O–H groups in total. The minimum atomic E-state index is -1.06. The number of ketones is 1. The van der Waals surface area contributed by atoms with Gasteiger partial charge < -0.3 is 14.6 Å². The second-order valence-electron chi connectivity index (χ2n) is 12.9. The van der Waals surface area contributed by atoms with Gasteiger partial charge in [-0.2, -0.15) is 0 Å². The molecule has 0 spiro atoms. The highest BCUT2D eigenvalue weighted by Crippen LogP contribution is 2.65. The fraction of sp³-hybridized carbons (Fsp3) is 0.633. The molecule has 6 aliphatic rings. The second kappa shape index (κ2) is 7.53. The Morgan fingerprint density at radius 2 is 1.81 bits per heavy atom. The third kappa shape index (κ3) is 3.22. The average Bonchev–Trinajstić information content (AvgIpc) is 2.86. The van der Waals surface area contributed by atoms with Gasteiger partial charge in [0.05, 0.1) is 5.60 Å². The topological polar surface area (TPSA) is 89.9 Å². The van der Waals surface area contributed by atoms with Gasteiger partial charge in [0.2, 0.25) is 0 Å². The summed E-state index contributed by atoms with van der Waals surface area (Å²) in [5.74, 6) is -0.587. The van der Waals surface area contributed by atoms with Gasteiger partial charge in [-0.05, 0) is 75.4 Å². The predicted molar refractivity (Wildman–Crippen MR) is 132 cm³/mol. The minimum absolute atomic E-state index is 0.00792. The maximum absolute atomic E-state index is 13.7. The summed E-state index contributed by atoms with van der Waals surface area (Å²) in [4.78, 5) is 38.2. The van der Waals surface area contributed by atoms with Gasteiger partial charge in [0.1, 0.15) is 11.7 Å². The van der Waals surface area contributed by atoms with E-state index in [1.54, 1.807) is 6.92 Å². The zero-order valence-corrected chi connectivity index (χ0v) is 21.8. The lowest BCUT2D eigenvalue weighted by molar-refractivity contribution is -0.153. The molecule has 0 bridgehead atoms. The number of esters is 2. The molecule has 0 amide bonds. The molecular weight excluding hydrogens is 456 g/mol. The molecule has 8 atom stereocenters. The van der Waals surface area contributed by atoms with Gasteiger partial charge in [0, 0.05) is 41.4 Å². The number of hydrogen-bond acceptors (Lipinski definition) is 6. The van der Waals surface area contributed by atoms with Crippen LogP contribution in [0.25, 0.3) is 0 Å². The molecule has 36 heavy (non-hydrogen) atoms. The Morgan fingerprint density at radius 1 is 1.06 bits per heavy atom. The normalized spacial score (nSPS) is 45.0. The summed E-state index contributed by atoms with van der Waals surface area (Å²) < 4.78 is 11.5. The first-order chi connectivity index (χ1) is 16.8. The molecule has 8 unspecified atom stereocenters. The molecule has 2 heterocycles. The van der Waals surface area contributed by atoms with Crippen LogP contribution in [0.4, 0.5) is 0 Å². The van der Waals surface area contributed by atoms with Gasteiger partial charge >= 0.3 is 11.9 Å². The van der Waals surface area contributed by atoms with Crippen LogP contribution in [0, 0.1) is 35.0 Å². The van der Waals surface area contributed by atoms with Crippen LogP contribution in [0.15, 0.2) is 46.6 Å². The maximum Gasteiger partial charge on any atom is 0.333 e. The van der Waals surface area contributed by atoms with E-state index >= 15 is 0 Å². The summed E-state index contributed by atoms with van der Waals surface area (Å²) in [6, 6.07) is 0. The highest BCUT2D eigenvalue weighted by atomic mass is 16.6. The number of aliphatic hydroxyl groups is 1. The monoisotopic (exact) mass is 492 g/mol. The van der Waals surface area contributed by atoms with E-state index in [0.29, 0.717) is 24.8 Å². The van der Waals surface area contributed by atoms with Crippen molar-refractivity contribution in [2.24, 2.45) is 35.0 Å². The van der Waals surface area contributed by atoms with Gasteiger partial charge in [-0.1, -0.05) is 31.6 Å². The number of cyclic esters (lactones) is 1. The van der Waals surface area contributed by atoms with Crippen LogP contribution in [-0.4, -0.2) is 40.1 Å². The molecule has 6 nitrogen and oxygen atoms in total. The van der Waals surface area contributed by atoms with Crippen molar-refractivity contribution in [3.8, 4) is 0 Å². The van der Waals surface area contributed by atoms with Crippen molar-refractivity contribution < 1.29 is 29.0 Å². The van der Waals surface area contributed by atoms with Crippen molar-refractivity contribution in [1.82, 2.24) is 0 Å². The first-order valence-electron chi connectivity index (χ1n) is 13.4. The van der Waals surface area contributed by atoms with Crippen molar-refractivity contribution >= 4 is 17.7 Å². The Labute approximate surface area is 212 Å². The fourth-order valence-electron chi connectivity index (χ4n) is 8.81. The number of carbonyl (C=O) groups excluding carboxylic acids is 3. The highest BCUT2D eigenvalue weighted by Gasteiger charge is 2.64. The molecule has 0 aromatic carbocycles. The van der Waals surface area contributed by atoms with Crippen molar-refractivity contribution in [2.45, 2.75) is 84.0 Å². The molecule has 2 aliphatic heterocycles. The van der Waals surface area contributed by atoms with Gasteiger partial charge in [-0.25, -0.2) is 9.59 Å². The van der Waals surface area contributed by atoms with Gasteiger partial charge in [-0.15, -0.1) is 0 Å². The highest BCUT2D eigenvalue weighted by molar-refractivity contribution is 5.99. The van der Waals surface area contributed by atoms with Crippen molar-refractivity contribution in [3.05, 3.63) is 46.6 Å². The smallest absolute Gasteiger partial charge is 0.333 e. The SMILES string of the molecule is CC1=CC2CC3=C(C(=O)CC4(C)C3CC3(O)C=C5C=CC(=O)OC(C)(C)C5CCC34)C(C)C2OC1=O. The summed E-state index contributed by atoms with van der Waals surface area (Å²) >= 11 is 0. The zero-order valence-electron chi connectivity index (χ0n) is 21.8. The summed E-state index contributed by atoms with van der Waals surface area (Å²) in [6.45, 7) is 9.89. The molecule has 1 fully saturated rings. The molecule has 0 aromatic heterocycles. The molecule has 6 heteroatoms. The molecule has 192 valence electrons. The summed E-state index contributed by atoms with van der Waals surface area (Å²) in [7, 11) is 0. The Morgan fingerprint density at radius 3 is 2.56 bits per heavy atom. The first-order valence-corrected chi connectivity index (χ1v) is 13.4. The van der Waals surface area contributed by atoms with Crippen molar-refractivity contribution in [1.29, 1.82) is 0 Å². The molecule has 0 aromatic rings. The molecule has 1 saturated carbocycles. The van der Waals surface area contributed by atoms with Crippen molar-refractivity contribution in [2.75, 3.05) is 0 Å². The average molecular weight is 493 g/mol. The van der Waals surface area contributed by atoms with Gasteiger partial charge in [0.15, 0.2) is 5.78 Å². The fourth-order valence-corrected chi connectivity index (χ4v) is 8.81. The third-order valence-corrected chi connectivity index (χ3v) is 10.4. The van der Waals surface area contributed by atoms with E-state index in [1.807, 2.05) is 39.0 Å². The number of rotatable bonds is 0. The Bertz CT molecular complexity index is 1200. The van der Waals surface area contributed by atoms with Gasteiger partial charge in [0.25, 0.3) is 0 Å². The standard InChI is InChI=1S/C30H36O6/c1-15-10-18-11-19-21-13-30(34)12-17-6-9-24(32)36-28(3,4)20(17)7-8-23(30)29(21,5)14-22(31)25(19)16(2)26(18)35-27(15)33/h6,9-10,12,16,18,20-21,23,26,34H,7-8,11,13-14H2,1-5H3. The van der Waals surface area contributed by atoms with E-state index in [2.05, 4.69) is 6.92 Å². The van der Waals surface area contributed by atoms with Crippen LogP contribution in [0.3, 0.4) is 0 Å². The predicted octanol–water partition coefficient (Wildman–Crippen LogP) is 4.39. The lowest BCUT2D eigenvalue weighted by Crippen LogP contribution is -2.48. The van der Waals surface area contributed by atoms with E-state index in [1.165, 1.54) is 6.08 Å². The maximum atomic E-state index is 13.7. The van der Waals surface area contributed by atoms with E-state index < -0.39 is 11.2 Å². The Hall–Kier alpha value is -2.47. The minimum Gasteiger partial charge on any atom is -0.458 e. The van der Waals surface area contributed by atoms with Crippen LogP contribution in [0.1, 0.15) is 66.7 Å². The van der Waals surface area contributed by atoms with E-state index in [-0.39, 0.29) is 58.8 Å². The molecular formula is C30H36O6. The summed E-state index contributed by atoms with van der Waals surface area (Å²) in [5, 5.41) is 12.3. The lowest BCUT2D eigenvalue weighted by Gasteiger charge is -2.48. The molecule has 0 radical (unpaired) electrons. The van der Waals surface area contributed by atoms with E-state index in [0.717, 1.165) is 29.6 Å². The van der Waals surface area contributed by atoms with Crippen LogP contribution in [0.5, 0.6) is 0 Å². The number of carbonyl (C=O) groups is 3. The lowest BCUT2D eigenvalue weighted by atomic mass is 9.56. The van der Waals surface area contributed by atoms with Gasteiger partial charge in [-0.3, -0.25) is 4.79 Å². The number of fused-ring (bicyclic) bond motifs is 6. The van der Waals surface area contributed by atoms with Crippen LogP contribution in [-0.2, 0) is 23.9 Å². The first kappa shape index (κ1) is 23.9. The number of ether oxygens (including phenoxy) is 2. The van der Waals surface area contributed by atoms with E-state index in [4.69, 9.17) is 9.47 Å². The van der Waals surface area contributed by atoms with Crippen LogP contribution < -0.4 is 0 Å². The number of Topliss-reactive ketones (excluding diaryl/α,β-unsaturated/α-hetero) is 1. The molecule has 0 saturated heterocycles. The Balaban J connectivity index is 1.43. The largest absolute Gasteiger partial charge is 0.458 e. The van der Waals surface area contributed by atoms with E-state index in [9.17, 15) is 19.5 Å². The van der Waals surface area contributed by atoms with Crippen LogP contribution in [0.2, 0.25) is 0 Å². The second-order valence-corrected chi connectivity index (χ2v) is 12.9. The zero-order chi connectivity index (χ0) is 25.8. The summed E-state index contributed by atoms with van der Waals surface area (Å²) in [5.41, 5.74) is 1.49. The third-order valence-electron chi connectivity index (χ3n) is 10.4. The Kier molecular flexibility index (Phi) is 5.00. The van der Waals surface area contributed by atoms with Crippen LogP contribution >= 0.6 is 0 Å². The number of allylic oxidation sites excluding steroid dienone is 2. The van der Waals surface area contributed by atoms with Crippen molar-refractivity contribution in [3.63, 3.8) is 0 Å². The molecule has 6 rings (SSSR count). The quantitative estimate of drug-likeness (QED) is 0.505. The summed E-state index contributed by atoms with van der Waals surface area (Å²) in [6.07, 6.45) is 10.2.